The summed E-state index contributed by atoms with van der Waals surface area (Å²) in [6.07, 6.45) is 3.55. The van der Waals surface area contributed by atoms with Crippen LogP contribution in [0.4, 0.5) is 10.1 Å². The van der Waals surface area contributed by atoms with Crippen LogP contribution in [0.3, 0.4) is 0 Å². The lowest BCUT2D eigenvalue weighted by molar-refractivity contribution is -0.199. The maximum Gasteiger partial charge on any atom is 0.312 e. The summed E-state index contributed by atoms with van der Waals surface area (Å²) in [4.78, 5) is 25.2. The standard InChI is InChI=1S/C20H24FNO4/c1-12(17(23)22-16-4-2-3-15(21)6-16)26-18(24)19-7-13-5-14(8-19)10-20(25,9-13)11-19/h2-4,6,12-14,25H,5,7-11H2,1H3,(H,22,23)/t12-,13-,14+,19?,20?/m0/s1. The van der Waals surface area contributed by atoms with Gasteiger partial charge >= 0.3 is 5.97 Å². The van der Waals surface area contributed by atoms with Gasteiger partial charge in [0.15, 0.2) is 6.10 Å². The molecule has 0 radical (unpaired) electrons. The quantitative estimate of drug-likeness (QED) is 0.809. The van der Waals surface area contributed by atoms with E-state index in [9.17, 15) is 19.1 Å². The molecule has 0 aliphatic heterocycles. The molecule has 1 amide bonds. The summed E-state index contributed by atoms with van der Waals surface area (Å²) in [5, 5.41) is 13.3. The van der Waals surface area contributed by atoms with Gasteiger partial charge in [-0.15, -0.1) is 0 Å². The van der Waals surface area contributed by atoms with Gasteiger partial charge in [-0.05, 0) is 75.5 Å². The van der Waals surface area contributed by atoms with Crippen molar-refractivity contribution in [1.29, 1.82) is 0 Å². The number of hydrogen-bond acceptors (Lipinski definition) is 4. The van der Waals surface area contributed by atoms with Gasteiger partial charge in [-0.2, -0.15) is 0 Å². The van der Waals surface area contributed by atoms with Gasteiger partial charge in [0.2, 0.25) is 0 Å². The third kappa shape index (κ3) is 3.11. The van der Waals surface area contributed by atoms with Crippen molar-refractivity contribution in [2.75, 3.05) is 5.32 Å². The number of carbonyl (C=O) groups excluding carboxylic acids is 2. The average Bonchev–Trinajstić information content (AvgIpc) is 2.52. The van der Waals surface area contributed by atoms with E-state index < -0.39 is 28.8 Å². The number of carbonyl (C=O) groups is 2. The van der Waals surface area contributed by atoms with Crippen LogP contribution in [0, 0.1) is 23.1 Å². The van der Waals surface area contributed by atoms with Gasteiger partial charge in [0.25, 0.3) is 5.91 Å². The van der Waals surface area contributed by atoms with Crippen LogP contribution in [0.25, 0.3) is 0 Å². The van der Waals surface area contributed by atoms with E-state index in [1.807, 2.05) is 0 Å². The van der Waals surface area contributed by atoms with E-state index in [0.29, 0.717) is 23.9 Å². The van der Waals surface area contributed by atoms with E-state index >= 15 is 0 Å². The minimum Gasteiger partial charge on any atom is -0.452 e. The summed E-state index contributed by atoms with van der Waals surface area (Å²) in [6.45, 7) is 1.52. The Morgan fingerprint density at radius 3 is 2.58 bits per heavy atom. The summed E-state index contributed by atoms with van der Waals surface area (Å²) < 4.78 is 18.7. The second kappa shape index (κ2) is 6.05. The Hall–Kier alpha value is -1.95. The first-order valence-electron chi connectivity index (χ1n) is 9.27. The molecule has 4 bridgehead atoms. The van der Waals surface area contributed by atoms with Gasteiger partial charge < -0.3 is 15.2 Å². The van der Waals surface area contributed by atoms with Gasteiger partial charge in [-0.25, -0.2) is 4.39 Å². The molecule has 26 heavy (non-hydrogen) atoms. The van der Waals surface area contributed by atoms with Crippen molar-refractivity contribution in [3.05, 3.63) is 30.1 Å². The molecule has 2 unspecified atom stereocenters. The first kappa shape index (κ1) is 17.5. The van der Waals surface area contributed by atoms with Crippen LogP contribution in [0.1, 0.15) is 45.4 Å². The molecule has 1 aromatic carbocycles. The van der Waals surface area contributed by atoms with Crippen molar-refractivity contribution in [3.8, 4) is 0 Å². The fourth-order valence-electron chi connectivity index (χ4n) is 5.60. The van der Waals surface area contributed by atoms with Crippen molar-refractivity contribution in [3.63, 3.8) is 0 Å². The predicted octanol–water partition coefficient (Wildman–Crippen LogP) is 3.03. The molecule has 4 aliphatic carbocycles. The number of halogens is 1. The zero-order chi connectivity index (χ0) is 18.5. The van der Waals surface area contributed by atoms with Crippen LogP contribution in [0.5, 0.6) is 0 Å². The van der Waals surface area contributed by atoms with Crippen LogP contribution < -0.4 is 5.32 Å². The van der Waals surface area contributed by atoms with Crippen molar-refractivity contribution in [2.24, 2.45) is 17.3 Å². The van der Waals surface area contributed by atoms with Crippen molar-refractivity contribution in [1.82, 2.24) is 0 Å². The Morgan fingerprint density at radius 2 is 1.96 bits per heavy atom. The minimum atomic E-state index is -0.978. The zero-order valence-electron chi connectivity index (χ0n) is 14.8. The number of amides is 1. The molecule has 140 valence electrons. The monoisotopic (exact) mass is 361 g/mol. The molecule has 4 saturated carbocycles. The van der Waals surface area contributed by atoms with E-state index in [1.165, 1.54) is 25.1 Å². The molecule has 5 rings (SSSR count). The second-order valence-corrected chi connectivity index (χ2v) is 8.51. The van der Waals surface area contributed by atoms with Gasteiger partial charge in [-0.1, -0.05) is 6.07 Å². The van der Waals surface area contributed by atoms with E-state index in [1.54, 1.807) is 6.07 Å². The normalized spacial score (nSPS) is 35.8. The van der Waals surface area contributed by atoms with E-state index in [0.717, 1.165) is 32.1 Å². The third-order valence-corrected chi connectivity index (χ3v) is 6.21. The van der Waals surface area contributed by atoms with Crippen LogP contribution in [-0.4, -0.2) is 28.7 Å². The van der Waals surface area contributed by atoms with Gasteiger partial charge in [0.05, 0.1) is 11.0 Å². The minimum absolute atomic E-state index is 0.321. The van der Waals surface area contributed by atoms with E-state index in [-0.39, 0.29) is 5.97 Å². The summed E-state index contributed by atoms with van der Waals surface area (Å²) in [5.74, 6) is -0.594. The van der Waals surface area contributed by atoms with Crippen LogP contribution in [0.2, 0.25) is 0 Å². The number of rotatable bonds is 4. The Morgan fingerprint density at radius 1 is 1.27 bits per heavy atom. The zero-order valence-corrected chi connectivity index (χ0v) is 14.8. The van der Waals surface area contributed by atoms with Crippen LogP contribution in [0.15, 0.2) is 24.3 Å². The number of hydrogen-bond donors (Lipinski definition) is 2. The lowest BCUT2D eigenvalue weighted by Gasteiger charge is -2.58. The lowest BCUT2D eigenvalue weighted by Crippen LogP contribution is -2.59. The average molecular weight is 361 g/mol. The fraction of sp³-hybridized carbons (Fsp3) is 0.600. The highest BCUT2D eigenvalue weighted by Gasteiger charge is 2.61. The van der Waals surface area contributed by atoms with Crippen molar-refractivity contribution < 1.29 is 23.8 Å². The molecule has 6 heteroatoms. The smallest absolute Gasteiger partial charge is 0.312 e. The summed E-state index contributed by atoms with van der Waals surface area (Å²) in [7, 11) is 0. The molecule has 5 atom stereocenters. The fourth-order valence-corrected chi connectivity index (χ4v) is 5.60. The maximum absolute atomic E-state index is 13.2. The molecule has 0 saturated heterocycles. The van der Waals surface area contributed by atoms with Gasteiger partial charge in [0, 0.05) is 5.69 Å². The lowest BCUT2D eigenvalue weighted by atomic mass is 9.48. The molecule has 0 aromatic heterocycles. The Labute approximate surface area is 151 Å². The maximum atomic E-state index is 13.2. The number of benzene rings is 1. The Bertz CT molecular complexity index is 735. The van der Waals surface area contributed by atoms with Crippen molar-refractivity contribution >= 4 is 17.6 Å². The molecule has 1 aromatic rings. The highest BCUT2D eigenvalue weighted by molar-refractivity contribution is 5.95. The summed E-state index contributed by atoms with van der Waals surface area (Å²) >= 11 is 0. The number of anilines is 1. The molecule has 5 nitrogen and oxygen atoms in total. The first-order chi connectivity index (χ1) is 12.3. The summed E-state index contributed by atoms with van der Waals surface area (Å²) in [5.41, 5.74) is -1.09. The van der Waals surface area contributed by atoms with Gasteiger partial charge in [-0.3, -0.25) is 9.59 Å². The van der Waals surface area contributed by atoms with Crippen LogP contribution >= 0.6 is 0 Å². The Kier molecular flexibility index (Phi) is 4.06. The number of nitrogens with one attached hydrogen (secondary N) is 1. The van der Waals surface area contributed by atoms with E-state index in [2.05, 4.69) is 5.32 Å². The van der Waals surface area contributed by atoms with Gasteiger partial charge in [0.1, 0.15) is 5.82 Å². The third-order valence-electron chi connectivity index (χ3n) is 6.21. The number of esters is 1. The summed E-state index contributed by atoms with van der Waals surface area (Å²) in [6, 6.07) is 5.57. The first-order valence-corrected chi connectivity index (χ1v) is 9.27. The number of ether oxygens (including phenoxy) is 1. The molecule has 4 fully saturated rings. The number of aliphatic hydroxyl groups is 1. The molecular weight excluding hydrogens is 337 g/mol. The predicted molar refractivity (Wildman–Crippen MR) is 92.6 cm³/mol. The van der Waals surface area contributed by atoms with Crippen molar-refractivity contribution in [2.45, 2.75) is 57.2 Å². The second-order valence-electron chi connectivity index (χ2n) is 8.51. The highest BCUT2D eigenvalue weighted by Crippen LogP contribution is 2.62. The van der Waals surface area contributed by atoms with Crippen LogP contribution in [-0.2, 0) is 14.3 Å². The SMILES string of the molecule is C[C@H](OC(=O)C12C[C@@H]3C[C@@H](CC(O)(C3)C1)C2)C(=O)Nc1cccc(F)c1. The molecule has 0 heterocycles. The molecular formula is C20H24FNO4. The van der Waals surface area contributed by atoms with E-state index in [4.69, 9.17) is 4.74 Å². The molecule has 0 spiro atoms. The topological polar surface area (TPSA) is 75.6 Å². The molecule has 2 N–H and O–H groups in total. The molecule has 4 aliphatic rings. The highest BCUT2D eigenvalue weighted by atomic mass is 19.1. The largest absolute Gasteiger partial charge is 0.452 e. The Balaban J connectivity index is 1.42.